The molecule has 1 aliphatic carbocycles. The SMILES string of the molecule is N=C1CC(c2ccc(F)cc2)C2=C(O1)c1ccccc1CC2. The molecule has 1 N–H and O–H groups in total. The standard InChI is InChI=1S/C19H16FNO/c20-14-8-5-13(6-9-14)17-11-18(21)22-19-15-4-2-1-3-12(15)7-10-16(17)19/h1-6,8-9,17,21H,7,10-11H2. The Morgan fingerprint density at radius 3 is 2.59 bits per heavy atom. The molecule has 2 nitrogen and oxygen atoms in total. The molecule has 0 spiro atoms. The predicted octanol–water partition coefficient (Wildman–Crippen LogP) is 4.66. The fourth-order valence-corrected chi connectivity index (χ4v) is 3.46. The van der Waals surface area contributed by atoms with Crippen molar-refractivity contribution in [1.29, 1.82) is 5.41 Å². The number of hydrogen-bond acceptors (Lipinski definition) is 2. The molecule has 0 radical (unpaired) electrons. The maximum absolute atomic E-state index is 13.2. The lowest BCUT2D eigenvalue weighted by Crippen LogP contribution is -2.23. The summed E-state index contributed by atoms with van der Waals surface area (Å²) in [5.74, 6) is 1.01. The van der Waals surface area contributed by atoms with Crippen LogP contribution >= 0.6 is 0 Å². The Kier molecular flexibility index (Phi) is 3.07. The average Bonchev–Trinajstić information content (AvgIpc) is 2.55. The number of aryl methyl sites for hydroxylation is 1. The van der Waals surface area contributed by atoms with Crippen LogP contribution in [0.1, 0.15) is 35.4 Å². The number of nitrogens with one attached hydrogen (secondary N) is 1. The third kappa shape index (κ3) is 2.13. The Hall–Kier alpha value is -2.42. The highest BCUT2D eigenvalue weighted by atomic mass is 19.1. The van der Waals surface area contributed by atoms with E-state index in [9.17, 15) is 4.39 Å². The number of halogens is 1. The molecule has 0 bridgehead atoms. The van der Waals surface area contributed by atoms with Crippen LogP contribution in [0.2, 0.25) is 0 Å². The summed E-state index contributed by atoms with van der Waals surface area (Å²) in [7, 11) is 0. The van der Waals surface area contributed by atoms with Gasteiger partial charge < -0.3 is 4.74 Å². The number of hydrogen-bond donors (Lipinski definition) is 1. The molecule has 2 aromatic rings. The van der Waals surface area contributed by atoms with E-state index in [1.54, 1.807) is 0 Å². The Labute approximate surface area is 128 Å². The van der Waals surface area contributed by atoms with Gasteiger partial charge >= 0.3 is 0 Å². The first-order chi connectivity index (χ1) is 10.7. The van der Waals surface area contributed by atoms with Crippen molar-refractivity contribution < 1.29 is 9.13 Å². The molecule has 1 unspecified atom stereocenters. The van der Waals surface area contributed by atoms with Crippen molar-refractivity contribution in [1.82, 2.24) is 0 Å². The number of benzene rings is 2. The highest BCUT2D eigenvalue weighted by Gasteiger charge is 2.32. The maximum Gasteiger partial charge on any atom is 0.188 e. The number of rotatable bonds is 1. The van der Waals surface area contributed by atoms with Crippen molar-refractivity contribution in [3.63, 3.8) is 0 Å². The van der Waals surface area contributed by atoms with Crippen molar-refractivity contribution in [2.75, 3.05) is 0 Å². The zero-order valence-corrected chi connectivity index (χ0v) is 12.1. The third-order valence-electron chi connectivity index (χ3n) is 4.53. The maximum atomic E-state index is 13.2. The van der Waals surface area contributed by atoms with Crippen molar-refractivity contribution in [3.05, 3.63) is 76.6 Å². The summed E-state index contributed by atoms with van der Waals surface area (Å²) in [5.41, 5.74) is 4.66. The molecule has 0 fully saturated rings. The zero-order chi connectivity index (χ0) is 15.1. The van der Waals surface area contributed by atoms with Gasteiger partial charge in [0.05, 0.1) is 0 Å². The summed E-state index contributed by atoms with van der Waals surface area (Å²) in [6.07, 6.45) is 2.47. The molecular weight excluding hydrogens is 277 g/mol. The van der Waals surface area contributed by atoms with Gasteiger partial charge in [-0.25, -0.2) is 4.39 Å². The summed E-state index contributed by atoms with van der Waals surface area (Å²) < 4.78 is 19.0. The number of ether oxygens (including phenoxy) is 1. The van der Waals surface area contributed by atoms with Crippen molar-refractivity contribution >= 4 is 11.7 Å². The zero-order valence-electron chi connectivity index (χ0n) is 12.1. The number of allylic oxidation sites excluding steroid dienone is 1. The smallest absolute Gasteiger partial charge is 0.188 e. The Bertz CT molecular complexity index is 776. The van der Waals surface area contributed by atoms with Gasteiger partial charge in [0.15, 0.2) is 5.90 Å². The van der Waals surface area contributed by atoms with E-state index >= 15 is 0 Å². The van der Waals surface area contributed by atoms with Gasteiger partial charge in [0.25, 0.3) is 0 Å². The van der Waals surface area contributed by atoms with Gasteiger partial charge in [-0.1, -0.05) is 36.4 Å². The topological polar surface area (TPSA) is 33.1 Å². The molecule has 2 aliphatic rings. The first-order valence-electron chi connectivity index (χ1n) is 7.54. The van der Waals surface area contributed by atoms with Crippen LogP contribution in [0.4, 0.5) is 4.39 Å². The van der Waals surface area contributed by atoms with Crippen LogP contribution in [-0.4, -0.2) is 5.90 Å². The molecule has 0 amide bonds. The van der Waals surface area contributed by atoms with E-state index in [-0.39, 0.29) is 17.6 Å². The van der Waals surface area contributed by atoms with E-state index in [1.165, 1.54) is 23.3 Å². The van der Waals surface area contributed by atoms with E-state index in [2.05, 4.69) is 12.1 Å². The third-order valence-corrected chi connectivity index (χ3v) is 4.53. The van der Waals surface area contributed by atoms with Crippen LogP contribution in [0.25, 0.3) is 5.76 Å². The largest absolute Gasteiger partial charge is 0.443 e. The van der Waals surface area contributed by atoms with Crippen molar-refractivity contribution in [2.45, 2.75) is 25.2 Å². The van der Waals surface area contributed by atoms with E-state index in [1.807, 2.05) is 24.3 Å². The van der Waals surface area contributed by atoms with Gasteiger partial charge in [-0.2, -0.15) is 0 Å². The van der Waals surface area contributed by atoms with Crippen molar-refractivity contribution in [3.8, 4) is 0 Å². The second-order valence-corrected chi connectivity index (χ2v) is 5.85. The van der Waals surface area contributed by atoms with Gasteiger partial charge in [-0.05, 0) is 41.7 Å². The van der Waals surface area contributed by atoms with E-state index in [0.29, 0.717) is 6.42 Å². The molecule has 0 saturated heterocycles. The van der Waals surface area contributed by atoms with Crippen LogP contribution in [0.15, 0.2) is 54.1 Å². The quantitative estimate of drug-likeness (QED) is 0.814. The van der Waals surface area contributed by atoms with Crippen LogP contribution in [0.5, 0.6) is 0 Å². The molecule has 1 aliphatic heterocycles. The van der Waals surface area contributed by atoms with Gasteiger partial charge in [0.1, 0.15) is 11.6 Å². The normalized spacial score (nSPS) is 20.2. The molecule has 1 atom stereocenters. The van der Waals surface area contributed by atoms with Gasteiger partial charge in [-0.3, -0.25) is 5.41 Å². The van der Waals surface area contributed by atoms with E-state index in [4.69, 9.17) is 10.1 Å². The number of fused-ring (bicyclic) bond motifs is 2. The minimum atomic E-state index is -0.228. The minimum Gasteiger partial charge on any atom is -0.443 e. The lowest BCUT2D eigenvalue weighted by molar-refractivity contribution is 0.438. The summed E-state index contributed by atoms with van der Waals surface area (Å²) in [5, 5.41) is 8.04. The first kappa shape index (κ1) is 13.3. The van der Waals surface area contributed by atoms with Crippen molar-refractivity contribution in [2.24, 2.45) is 0 Å². The Morgan fingerprint density at radius 2 is 1.77 bits per heavy atom. The molecule has 22 heavy (non-hydrogen) atoms. The molecule has 0 saturated carbocycles. The fourth-order valence-electron chi connectivity index (χ4n) is 3.46. The molecule has 2 aromatic carbocycles. The van der Waals surface area contributed by atoms with Gasteiger partial charge in [0.2, 0.25) is 0 Å². The molecule has 0 aromatic heterocycles. The fraction of sp³-hybridized carbons (Fsp3) is 0.211. The lowest BCUT2D eigenvalue weighted by atomic mass is 9.78. The van der Waals surface area contributed by atoms with Gasteiger partial charge in [0, 0.05) is 17.9 Å². The lowest BCUT2D eigenvalue weighted by Gasteiger charge is -2.33. The second kappa shape index (κ2) is 5.09. The molecular formula is C19H16FNO. The van der Waals surface area contributed by atoms with Crippen LogP contribution in [0.3, 0.4) is 0 Å². The van der Waals surface area contributed by atoms with E-state index < -0.39 is 0 Å². The Balaban J connectivity index is 1.84. The van der Waals surface area contributed by atoms with Crippen LogP contribution in [-0.2, 0) is 11.2 Å². The molecule has 3 heteroatoms. The minimum absolute atomic E-state index is 0.116. The molecule has 110 valence electrons. The monoisotopic (exact) mass is 293 g/mol. The van der Waals surface area contributed by atoms with Crippen LogP contribution < -0.4 is 0 Å². The first-order valence-corrected chi connectivity index (χ1v) is 7.54. The second-order valence-electron chi connectivity index (χ2n) is 5.85. The molecule has 1 heterocycles. The summed E-state index contributed by atoms with van der Waals surface area (Å²) >= 11 is 0. The average molecular weight is 293 g/mol. The summed E-state index contributed by atoms with van der Waals surface area (Å²) in [4.78, 5) is 0. The predicted molar refractivity (Wildman–Crippen MR) is 84.3 cm³/mol. The highest BCUT2D eigenvalue weighted by Crippen LogP contribution is 2.44. The summed E-state index contributed by atoms with van der Waals surface area (Å²) in [6, 6.07) is 14.8. The van der Waals surface area contributed by atoms with Gasteiger partial charge in [-0.15, -0.1) is 0 Å². The molecule has 4 rings (SSSR count). The van der Waals surface area contributed by atoms with E-state index in [0.717, 1.165) is 29.7 Å². The van der Waals surface area contributed by atoms with Crippen LogP contribution in [0, 0.1) is 11.2 Å². The highest BCUT2D eigenvalue weighted by molar-refractivity contribution is 5.87. The summed E-state index contributed by atoms with van der Waals surface area (Å²) in [6.45, 7) is 0. The Morgan fingerprint density at radius 1 is 1.00 bits per heavy atom.